The van der Waals surface area contributed by atoms with E-state index in [2.05, 4.69) is 20.8 Å². The summed E-state index contributed by atoms with van der Waals surface area (Å²) in [5.74, 6) is 0.256. The molecule has 0 N–H and O–H groups in total. The minimum absolute atomic E-state index is 0.0759. The fraction of sp³-hybridized carbons (Fsp3) is 0.636. The van der Waals surface area contributed by atoms with Gasteiger partial charge in [0, 0.05) is 61.8 Å². The molecule has 182 valence electrons. The molecule has 1 aromatic rings. The lowest BCUT2D eigenvalue weighted by Crippen LogP contribution is -2.53. The van der Waals surface area contributed by atoms with Crippen molar-refractivity contribution in [1.82, 2.24) is 9.80 Å². The second-order valence-corrected chi connectivity index (χ2v) is 10.1. The number of nitrogens with zero attached hydrogens (tertiary/aromatic N) is 4. The number of carbonyl (C=O) groups is 2. The minimum atomic E-state index is -0.541. The number of ether oxygens (including phenoxy) is 2. The number of amides is 2. The van der Waals surface area contributed by atoms with Gasteiger partial charge in [-0.3, -0.25) is 14.9 Å². The molecule has 0 radical (unpaired) electrons. The Kier molecular flexibility index (Phi) is 7.71. The van der Waals surface area contributed by atoms with Gasteiger partial charge in [0.25, 0.3) is 0 Å². The summed E-state index contributed by atoms with van der Waals surface area (Å²) in [5, 5.41) is 11.2. The smallest absolute Gasteiger partial charge is 0.410 e. The number of methoxy groups -OCH3 is 1. The molecule has 2 saturated heterocycles. The first-order valence-electron chi connectivity index (χ1n) is 11.0. The molecule has 0 bridgehead atoms. The first kappa shape index (κ1) is 25.1. The van der Waals surface area contributed by atoms with E-state index in [9.17, 15) is 19.7 Å². The van der Waals surface area contributed by atoms with E-state index < -0.39 is 10.5 Å². The highest BCUT2D eigenvalue weighted by Crippen LogP contribution is 2.39. The molecule has 10 nitrogen and oxygen atoms in total. The van der Waals surface area contributed by atoms with E-state index in [0.29, 0.717) is 56.6 Å². The third-order valence-corrected chi connectivity index (χ3v) is 6.51. The Hall–Kier alpha value is -2.56. The van der Waals surface area contributed by atoms with Crippen LogP contribution in [0.3, 0.4) is 0 Å². The molecule has 0 spiro atoms. The number of halogens is 1. The molecule has 2 amide bonds. The van der Waals surface area contributed by atoms with Gasteiger partial charge in [0.1, 0.15) is 5.60 Å². The molecule has 0 atom stereocenters. The minimum Gasteiger partial charge on any atom is -0.490 e. The topological polar surface area (TPSA) is 105 Å². The van der Waals surface area contributed by atoms with Crippen molar-refractivity contribution < 1.29 is 24.0 Å². The molecule has 2 heterocycles. The third-order valence-electron chi connectivity index (χ3n) is 5.87. The van der Waals surface area contributed by atoms with E-state index in [0.717, 1.165) is 5.69 Å². The van der Waals surface area contributed by atoms with Crippen molar-refractivity contribution in [2.75, 3.05) is 51.3 Å². The van der Waals surface area contributed by atoms with Crippen molar-refractivity contribution in [3.8, 4) is 5.75 Å². The largest absolute Gasteiger partial charge is 0.490 e. The summed E-state index contributed by atoms with van der Waals surface area (Å²) in [7, 11) is 1.41. The molecule has 11 heteroatoms. The van der Waals surface area contributed by atoms with Crippen LogP contribution in [0, 0.1) is 16.0 Å². The van der Waals surface area contributed by atoms with Crippen LogP contribution in [0.1, 0.15) is 33.6 Å². The maximum Gasteiger partial charge on any atom is 0.410 e. The lowest BCUT2D eigenvalue weighted by Gasteiger charge is -2.39. The normalized spacial score (nSPS) is 17.7. The summed E-state index contributed by atoms with van der Waals surface area (Å²) < 4.78 is 11.2. The molecule has 0 unspecified atom stereocenters. The lowest BCUT2D eigenvalue weighted by atomic mass is 9.94. The average molecular weight is 527 g/mol. The number of nitro groups is 1. The molecule has 2 aliphatic heterocycles. The highest BCUT2D eigenvalue weighted by atomic mass is 79.9. The van der Waals surface area contributed by atoms with E-state index in [-0.39, 0.29) is 29.4 Å². The Balaban J connectivity index is 1.55. The van der Waals surface area contributed by atoms with Gasteiger partial charge in [-0.2, -0.15) is 0 Å². The third kappa shape index (κ3) is 6.07. The first-order valence-corrected chi connectivity index (χ1v) is 11.8. The highest BCUT2D eigenvalue weighted by Gasteiger charge is 2.33. The number of piperidine rings is 1. The molecular weight excluding hydrogens is 496 g/mol. The van der Waals surface area contributed by atoms with Gasteiger partial charge in [-0.1, -0.05) is 0 Å². The predicted octanol–water partition coefficient (Wildman–Crippen LogP) is 3.66. The van der Waals surface area contributed by atoms with Crippen LogP contribution in [-0.4, -0.2) is 78.7 Å². The number of piperazine rings is 1. The zero-order chi connectivity index (χ0) is 24.3. The first-order chi connectivity index (χ1) is 15.5. The van der Waals surface area contributed by atoms with Gasteiger partial charge in [-0.15, -0.1) is 0 Å². The van der Waals surface area contributed by atoms with Crippen LogP contribution in [0.15, 0.2) is 16.6 Å². The molecule has 33 heavy (non-hydrogen) atoms. The summed E-state index contributed by atoms with van der Waals surface area (Å²) in [6.07, 6.45) is 1.04. The fourth-order valence-electron chi connectivity index (χ4n) is 4.14. The van der Waals surface area contributed by atoms with Crippen molar-refractivity contribution in [3.05, 3.63) is 26.7 Å². The number of rotatable bonds is 4. The van der Waals surface area contributed by atoms with Gasteiger partial charge in [-0.05, 0) is 49.5 Å². The molecule has 2 aliphatic rings. The van der Waals surface area contributed by atoms with Gasteiger partial charge in [0.15, 0.2) is 5.75 Å². The Labute approximate surface area is 202 Å². The maximum absolute atomic E-state index is 13.1. The summed E-state index contributed by atoms with van der Waals surface area (Å²) >= 11 is 3.44. The van der Waals surface area contributed by atoms with E-state index in [4.69, 9.17) is 9.47 Å². The van der Waals surface area contributed by atoms with Gasteiger partial charge in [0.05, 0.1) is 17.7 Å². The second-order valence-electron chi connectivity index (χ2n) is 9.29. The maximum atomic E-state index is 13.1. The number of hydrogen-bond acceptors (Lipinski definition) is 7. The molecule has 0 saturated carbocycles. The Bertz CT molecular complexity index is 903. The lowest BCUT2D eigenvalue weighted by molar-refractivity contribution is -0.385. The molecule has 0 aliphatic carbocycles. The Morgan fingerprint density at radius 2 is 1.64 bits per heavy atom. The van der Waals surface area contributed by atoms with Crippen LogP contribution in [-0.2, 0) is 9.53 Å². The van der Waals surface area contributed by atoms with Crippen molar-refractivity contribution >= 4 is 39.3 Å². The molecular formula is C22H31BrN4O6. The SMILES string of the molecule is COc1cc(N2CCC(C(=O)N3CCN(C(=O)OC(C)(C)C)CC3)CC2)c(Br)cc1[N+](=O)[O-]. The van der Waals surface area contributed by atoms with Crippen LogP contribution in [0.4, 0.5) is 16.2 Å². The predicted molar refractivity (Wildman–Crippen MR) is 127 cm³/mol. The van der Waals surface area contributed by atoms with Gasteiger partial charge >= 0.3 is 11.8 Å². The van der Waals surface area contributed by atoms with Crippen LogP contribution in [0.2, 0.25) is 0 Å². The van der Waals surface area contributed by atoms with E-state index in [1.54, 1.807) is 11.0 Å². The fourth-order valence-corrected chi connectivity index (χ4v) is 4.72. The van der Waals surface area contributed by atoms with Crippen molar-refractivity contribution in [1.29, 1.82) is 0 Å². The second kappa shape index (κ2) is 10.1. The number of benzene rings is 1. The standard InChI is InChI=1S/C22H31BrN4O6/c1-22(2,3)33-21(29)26-11-9-25(10-12-26)20(28)15-5-7-24(8-6-15)17-14-19(32-4)18(27(30)31)13-16(17)23/h13-15H,5-12H2,1-4H3. The zero-order valence-corrected chi connectivity index (χ0v) is 21.1. The average Bonchev–Trinajstić information content (AvgIpc) is 2.77. The summed E-state index contributed by atoms with van der Waals surface area (Å²) in [4.78, 5) is 41.7. The van der Waals surface area contributed by atoms with E-state index in [1.807, 2.05) is 25.7 Å². The van der Waals surface area contributed by atoms with Gasteiger partial charge in [-0.25, -0.2) is 4.79 Å². The Morgan fingerprint density at radius 1 is 1.06 bits per heavy atom. The summed E-state index contributed by atoms with van der Waals surface area (Å²) in [6, 6.07) is 3.12. The zero-order valence-electron chi connectivity index (χ0n) is 19.5. The number of nitro benzene ring substituents is 1. The van der Waals surface area contributed by atoms with Crippen molar-refractivity contribution in [2.24, 2.45) is 5.92 Å². The number of hydrogen-bond donors (Lipinski definition) is 0. The van der Waals surface area contributed by atoms with Crippen LogP contribution in [0.25, 0.3) is 0 Å². The Morgan fingerprint density at radius 3 is 2.15 bits per heavy atom. The summed E-state index contributed by atoms with van der Waals surface area (Å²) in [5.41, 5.74) is 0.179. The van der Waals surface area contributed by atoms with Crippen LogP contribution < -0.4 is 9.64 Å². The quantitative estimate of drug-likeness (QED) is 0.435. The van der Waals surface area contributed by atoms with E-state index in [1.165, 1.54) is 13.2 Å². The monoisotopic (exact) mass is 526 g/mol. The highest BCUT2D eigenvalue weighted by molar-refractivity contribution is 9.10. The van der Waals surface area contributed by atoms with Crippen molar-refractivity contribution in [3.63, 3.8) is 0 Å². The molecule has 1 aromatic carbocycles. The molecule has 0 aromatic heterocycles. The van der Waals surface area contributed by atoms with Crippen LogP contribution >= 0.6 is 15.9 Å². The molecule has 2 fully saturated rings. The molecule has 3 rings (SSSR count). The number of carbonyl (C=O) groups excluding carboxylic acids is 2. The van der Waals surface area contributed by atoms with Gasteiger partial charge < -0.3 is 24.2 Å². The van der Waals surface area contributed by atoms with E-state index >= 15 is 0 Å². The summed E-state index contributed by atoms with van der Waals surface area (Å²) in [6.45, 7) is 8.77. The van der Waals surface area contributed by atoms with Gasteiger partial charge in [0.2, 0.25) is 5.91 Å². The number of anilines is 1. The van der Waals surface area contributed by atoms with Crippen molar-refractivity contribution in [2.45, 2.75) is 39.2 Å². The van der Waals surface area contributed by atoms with Crippen LogP contribution in [0.5, 0.6) is 5.75 Å².